The first-order valence-corrected chi connectivity index (χ1v) is 7.17. The largest absolute Gasteiger partial charge is 0.299 e. The zero-order chi connectivity index (χ0) is 12.7. The van der Waals surface area contributed by atoms with Crippen molar-refractivity contribution in [1.29, 1.82) is 0 Å². The molecule has 96 valence electrons. The Labute approximate surface area is 107 Å². The molecule has 1 aliphatic heterocycles. The number of fused-ring (bicyclic) bond motifs is 1. The molecule has 0 aliphatic carbocycles. The van der Waals surface area contributed by atoms with Crippen LogP contribution in [0.3, 0.4) is 0 Å². The summed E-state index contributed by atoms with van der Waals surface area (Å²) in [6, 6.07) is 6.80. The van der Waals surface area contributed by atoms with Crippen molar-refractivity contribution in [1.82, 2.24) is 4.90 Å². The molecule has 1 heteroatoms. The van der Waals surface area contributed by atoms with Gasteiger partial charge in [-0.25, -0.2) is 0 Å². The molecule has 1 nitrogen and oxygen atoms in total. The molecule has 1 aromatic rings. The highest BCUT2D eigenvalue weighted by Crippen LogP contribution is 2.22. The van der Waals surface area contributed by atoms with Gasteiger partial charge >= 0.3 is 0 Å². The van der Waals surface area contributed by atoms with Gasteiger partial charge < -0.3 is 0 Å². The summed E-state index contributed by atoms with van der Waals surface area (Å²) in [5.41, 5.74) is 4.75. The Hall–Kier alpha value is -0.820. The fourth-order valence-corrected chi connectivity index (χ4v) is 2.59. The van der Waals surface area contributed by atoms with Gasteiger partial charge in [0.1, 0.15) is 0 Å². The topological polar surface area (TPSA) is 3.24 Å². The maximum atomic E-state index is 2.57. The Morgan fingerprint density at radius 2 is 1.94 bits per heavy atom. The van der Waals surface area contributed by atoms with Crippen LogP contribution in [0.4, 0.5) is 0 Å². The SMILES string of the molecule is CC.CCCN1CCc2c(CC)cccc2C1. The minimum Gasteiger partial charge on any atom is -0.299 e. The molecule has 0 saturated heterocycles. The van der Waals surface area contributed by atoms with E-state index in [1.807, 2.05) is 13.8 Å². The van der Waals surface area contributed by atoms with E-state index in [1.54, 1.807) is 16.7 Å². The average Bonchev–Trinajstić information content (AvgIpc) is 2.40. The summed E-state index contributed by atoms with van der Waals surface area (Å²) in [6.45, 7) is 12.2. The van der Waals surface area contributed by atoms with Crippen molar-refractivity contribution in [3.63, 3.8) is 0 Å². The minimum absolute atomic E-state index is 1.16. The lowest BCUT2D eigenvalue weighted by Crippen LogP contribution is -2.31. The van der Waals surface area contributed by atoms with Crippen LogP contribution >= 0.6 is 0 Å². The number of hydrogen-bond donors (Lipinski definition) is 0. The second-order valence-corrected chi connectivity index (χ2v) is 4.43. The summed E-state index contributed by atoms with van der Waals surface area (Å²) in [5, 5.41) is 0. The van der Waals surface area contributed by atoms with Gasteiger partial charge in [-0.05, 0) is 42.5 Å². The van der Waals surface area contributed by atoms with E-state index < -0.39 is 0 Å². The van der Waals surface area contributed by atoms with Crippen molar-refractivity contribution in [3.05, 3.63) is 34.9 Å². The van der Waals surface area contributed by atoms with E-state index in [9.17, 15) is 0 Å². The monoisotopic (exact) mass is 233 g/mol. The molecule has 0 atom stereocenters. The summed E-state index contributed by atoms with van der Waals surface area (Å²) < 4.78 is 0. The zero-order valence-electron chi connectivity index (χ0n) is 11.9. The Kier molecular flexibility index (Phi) is 6.28. The normalized spacial score (nSPS) is 14.8. The van der Waals surface area contributed by atoms with Gasteiger partial charge in [0.15, 0.2) is 0 Å². The van der Waals surface area contributed by atoms with E-state index >= 15 is 0 Å². The highest BCUT2D eigenvalue weighted by molar-refractivity contribution is 5.37. The summed E-state index contributed by atoms with van der Waals surface area (Å²) in [4.78, 5) is 2.57. The predicted octanol–water partition coefficient (Wildman–Crippen LogP) is 4.04. The van der Waals surface area contributed by atoms with Gasteiger partial charge in [-0.15, -0.1) is 0 Å². The summed E-state index contributed by atoms with van der Waals surface area (Å²) in [7, 11) is 0. The third-order valence-corrected chi connectivity index (χ3v) is 3.36. The number of aryl methyl sites for hydroxylation is 1. The number of hydrogen-bond acceptors (Lipinski definition) is 1. The van der Waals surface area contributed by atoms with Crippen LogP contribution in [0.15, 0.2) is 18.2 Å². The first-order valence-electron chi connectivity index (χ1n) is 7.17. The molecule has 0 unspecified atom stereocenters. The van der Waals surface area contributed by atoms with Crippen molar-refractivity contribution >= 4 is 0 Å². The molecule has 0 fully saturated rings. The van der Waals surface area contributed by atoms with Crippen molar-refractivity contribution < 1.29 is 0 Å². The van der Waals surface area contributed by atoms with Crippen LogP contribution in [0.1, 0.15) is 50.8 Å². The van der Waals surface area contributed by atoms with E-state index in [4.69, 9.17) is 0 Å². The minimum atomic E-state index is 1.16. The van der Waals surface area contributed by atoms with Crippen LogP contribution in [0.2, 0.25) is 0 Å². The lowest BCUT2D eigenvalue weighted by molar-refractivity contribution is 0.254. The maximum Gasteiger partial charge on any atom is 0.0236 e. The highest BCUT2D eigenvalue weighted by Gasteiger charge is 2.16. The average molecular weight is 233 g/mol. The van der Waals surface area contributed by atoms with Crippen LogP contribution in [0.5, 0.6) is 0 Å². The molecule has 1 aromatic carbocycles. The molecule has 0 spiro atoms. The van der Waals surface area contributed by atoms with Crippen LogP contribution < -0.4 is 0 Å². The van der Waals surface area contributed by atoms with E-state index in [0.29, 0.717) is 0 Å². The number of rotatable bonds is 3. The lowest BCUT2D eigenvalue weighted by Gasteiger charge is -2.29. The molecule has 0 bridgehead atoms. The molecular formula is C16H27N. The van der Waals surface area contributed by atoms with Crippen molar-refractivity contribution in [3.8, 4) is 0 Å². The van der Waals surface area contributed by atoms with Crippen LogP contribution in [0.25, 0.3) is 0 Å². The second kappa shape index (κ2) is 7.50. The molecule has 0 saturated carbocycles. The van der Waals surface area contributed by atoms with Crippen LogP contribution in [-0.2, 0) is 19.4 Å². The van der Waals surface area contributed by atoms with Crippen molar-refractivity contribution in [2.75, 3.05) is 13.1 Å². The Morgan fingerprint density at radius 3 is 2.59 bits per heavy atom. The van der Waals surface area contributed by atoms with Crippen LogP contribution in [0, 0.1) is 0 Å². The van der Waals surface area contributed by atoms with Crippen LogP contribution in [-0.4, -0.2) is 18.0 Å². The van der Waals surface area contributed by atoms with E-state index in [-0.39, 0.29) is 0 Å². The van der Waals surface area contributed by atoms with E-state index in [0.717, 1.165) is 6.54 Å². The summed E-state index contributed by atoms with van der Waals surface area (Å²) >= 11 is 0. The molecule has 2 rings (SSSR count). The molecule has 17 heavy (non-hydrogen) atoms. The van der Waals surface area contributed by atoms with Gasteiger partial charge in [-0.2, -0.15) is 0 Å². The molecule has 1 aliphatic rings. The van der Waals surface area contributed by atoms with Gasteiger partial charge in [0.25, 0.3) is 0 Å². The first kappa shape index (κ1) is 14.2. The van der Waals surface area contributed by atoms with Gasteiger partial charge in [0.05, 0.1) is 0 Å². The Morgan fingerprint density at radius 1 is 1.18 bits per heavy atom. The lowest BCUT2D eigenvalue weighted by atomic mass is 9.93. The van der Waals surface area contributed by atoms with Gasteiger partial charge in [-0.1, -0.05) is 45.9 Å². The third-order valence-electron chi connectivity index (χ3n) is 3.36. The van der Waals surface area contributed by atoms with Gasteiger partial charge in [-0.3, -0.25) is 4.90 Å². The number of nitrogens with zero attached hydrogens (tertiary/aromatic N) is 1. The number of benzene rings is 1. The smallest absolute Gasteiger partial charge is 0.0236 e. The second-order valence-electron chi connectivity index (χ2n) is 4.43. The predicted molar refractivity (Wildman–Crippen MR) is 76.4 cm³/mol. The molecular weight excluding hydrogens is 206 g/mol. The van der Waals surface area contributed by atoms with Gasteiger partial charge in [0.2, 0.25) is 0 Å². The first-order chi connectivity index (χ1) is 8.35. The molecule has 0 radical (unpaired) electrons. The third kappa shape index (κ3) is 3.57. The molecule has 0 aromatic heterocycles. The van der Waals surface area contributed by atoms with Crippen molar-refractivity contribution in [2.45, 2.75) is 53.5 Å². The Balaban J connectivity index is 0.000000686. The highest BCUT2D eigenvalue weighted by atomic mass is 15.1. The standard InChI is InChI=1S/C14H21N.C2H6/c1-3-9-15-10-8-14-12(4-2)6-5-7-13(14)11-15;1-2/h5-7H,3-4,8-11H2,1-2H3;1-2H3. The van der Waals surface area contributed by atoms with Crippen molar-refractivity contribution in [2.24, 2.45) is 0 Å². The fourth-order valence-electron chi connectivity index (χ4n) is 2.59. The maximum absolute atomic E-state index is 2.57. The summed E-state index contributed by atoms with van der Waals surface area (Å²) in [5.74, 6) is 0. The quantitative estimate of drug-likeness (QED) is 0.761. The summed E-state index contributed by atoms with van der Waals surface area (Å²) in [6.07, 6.45) is 3.69. The van der Waals surface area contributed by atoms with E-state index in [2.05, 4.69) is 36.9 Å². The Bertz CT molecular complexity index is 330. The molecule has 1 heterocycles. The molecule has 0 amide bonds. The van der Waals surface area contributed by atoms with E-state index in [1.165, 1.54) is 32.4 Å². The fraction of sp³-hybridized carbons (Fsp3) is 0.625. The van der Waals surface area contributed by atoms with Gasteiger partial charge in [0, 0.05) is 13.1 Å². The zero-order valence-corrected chi connectivity index (χ0v) is 11.9. The molecule has 0 N–H and O–H groups in total.